The van der Waals surface area contributed by atoms with Gasteiger partial charge in [0.25, 0.3) is 0 Å². The van der Waals surface area contributed by atoms with Crippen LogP contribution < -0.4 is 9.47 Å². The molecule has 0 bridgehead atoms. The first-order valence-corrected chi connectivity index (χ1v) is 24.5. The lowest BCUT2D eigenvalue weighted by Gasteiger charge is -2.07. The van der Waals surface area contributed by atoms with Crippen molar-refractivity contribution >= 4 is 11.6 Å². The Morgan fingerprint density at radius 2 is 0.617 bits per heavy atom. The zero-order valence-corrected chi connectivity index (χ0v) is 37.8. The van der Waals surface area contributed by atoms with Crippen LogP contribution in [0.15, 0.2) is 72.8 Å². The largest absolute Gasteiger partial charge is 0.494 e. The minimum absolute atomic E-state index is 0.0886. The molecule has 0 saturated carbocycles. The number of unbranched alkanes of at least 4 members (excludes halogenated alkanes) is 26. The smallest absolute Gasteiger partial charge is 0.209 e. The molecule has 4 rings (SSSR count). The molecule has 2 aromatic carbocycles. The minimum Gasteiger partial charge on any atom is -0.494 e. The molecule has 0 fully saturated rings. The van der Waals surface area contributed by atoms with Crippen LogP contribution >= 0.6 is 0 Å². The number of hydrogen-bond acceptors (Lipinski definition) is 4. The second-order valence-electron chi connectivity index (χ2n) is 17.2. The third-order valence-electron chi connectivity index (χ3n) is 11.9. The van der Waals surface area contributed by atoms with Crippen molar-refractivity contribution in [2.45, 2.75) is 194 Å². The van der Waals surface area contributed by atoms with E-state index in [1.807, 2.05) is 60.7 Å². The maximum atomic E-state index is 13.3. The lowest BCUT2D eigenvalue weighted by atomic mass is 10.0. The molecular weight excluding hydrogens is 741 g/mol. The average Bonchev–Trinajstić information content (AvgIpc) is 3.98. The molecule has 0 aliphatic rings. The third kappa shape index (κ3) is 19.5. The lowest BCUT2D eigenvalue weighted by molar-refractivity contribution is 0.102. The van der Waals surface area contributed by atoms with E-state index in [9.17, 15) is 9.59 Å². The number of H-pyrrole nitrogens is 2. The number of aromatic amines is 2. The van der Waals surface area contributed by atoms with Gasteiger partial charge < -0.3 is 19.4 Å². The maximum absolute atomic E-state index is 13.3. The molecule has 4 aromatic rings. The monoisotopic (exact) mass is 821 g/mol. The number of aromatic nitrogens is 2. The van der Waals surface area contributed by atoms with Crippen LogP contribution in [-0.4, -0.2) is 34.7 Å². The van der Waals surface area contributed by atoms with Crippen molar-refractivity contribution in [2.75, 3.05) is 13.2 Å². The van der Waals surface area contributed by atoms with E-state index in [2.05, 4.69) is 23.8 Å². The van der Waals surface area contributed by atoms with Crippen molar-refractivity contribution in [1.82, 2.24) is 9.97 Å². The van der Waals surface area contributed by atoms with Crippen LogP contribution in [0.25, 0.3) is 11.4 Å². The van der Waals surface area contributed by atoms with Gasteiger partial charge in [-0.1, -0.05) is 181 Å². The molecule has 2 heterocycles. The van der Waals surface area contributed by atoms with Gasteiger partial charge in [0, 0.05) is 11.1 Å². The van der Waals surface area contributed by atoms with E-state index in [1.54, 1.807) is 12.1 Å². The fourth-order valence-corrected chi connectivity index (χ4v) is 8.06. The van der Waals surface area contributed by atoms with Gasteiger partial charge in [-0.3, -0.25) is 9.59 Å². The summed E-state index contributed by atoms with van der Waals surface area (Å²) < 4.78 is 11.9. The Kier molecular flexibility index (Phi) is 25.0. The highest BCUT2D eigenvalue weighted by molar-refractivity contribution is 6.09. The molecule has 0 amide bonds. The molecular formula is C54H80N2O4. The molecule has 2 N–H and O–H groups in total. The van der Waals surface area contributed by atoms with Gasteiger partial charge in [0.1, 0.15) is 11.5 Å². The molecule has 330 valence electrons. The van der Waals surface area contributed by atoms with Crippen LogP contribution in [0.2, 0.25) is 0 Å². The van der Waals surface area contributed by atoms with Crippen molar-refractivity contribution in [1.29, 1.82) is 0 Å². The van der Waals surface area contributed by atoms with Crippen LogP contribution in [0.5, 0.6) is 11.5 Å². The van der Waals surface area contributed by atoms with E-state index in [1.165, 1.54) is 167 Å². The Hall–Kier alpha value is -4.06. The number of ether oxygens (including phenoxy) is 2. The fourth-order valence-electron chi connectivity index (χ4n) is 8.06. The van der Waals surface area contributed by atoms with E-state index in [4.69, 9.17) is 9.47 Å². The van der Waals surface area contributed by atoms with Crippen LogP contribution in [0.3, 0.4) is 0 Å². The summed E-state index contributed by atoms with van der Waals surface area (Å²) in [7, 11) is 0. The maximum Gasteiger partial charge on any atom is 0.209 e. The summed E-state index contributed by atoms with van der Waals surface area (Å²) in [6.07, 6.45) is 37.5. The zero-order valence-electron chi connectivity index (χ0n) is 37.8. The molecule has 0 aliphatic carbocycles. The summed E-state index contributed by atoms with van der Waals surface area (Å²) in [6, 6.07) is 22.1. The standard InChI is InChI=1S/C54H80N2O4/c1-3-5-7-9-11-13-15-17-19-21-23-25-27-29-43-59-47-35-31-45(32-36-47)53(57)51-41-39-49(55-51)50-40-42-52(56-50)54(58)46-33-37-48(38-34-46)60-44-30-28-26-24-22-20-18-16-14-12-10-8-6-4-2/h31-42,55-56H,3-30,43-44H2,1-2H3. The van der Waals surface area contributed by atoms with Gasteiger partial charge in [0.15, 0.2) is 0 Å². The highest BCUT2D eigenvalue weighted by Gasteiger charge is 2.16. The topological polar surface area (TPSA) is 84.2 Å². The number of ketones is 2. The first-order valence-electron chi connectivity index (χ1n) is 24.5. The van der Waals surface area contributed by atoms with Crippen LogP contribution in [0.4, 0.5) is 0 Å². The van der Waals surface area contributed by atoms with Crippen LogP contribution in [-0.2, 0) is 0 Å². The highest BCUT2D eigenvalue weighted by Crippen LogP contribution is 2.23. The lowest BCUT2D eigenvalue weighted by Crippen LogP contribution is -2.03. The van der Waals surface area contributed by atoms with Crippen molar-refractivity contribution in [3.8, 4) is 22.9 Å². The number of benzene rings is 2. The molecule has 0 aliphatic heterocycles. The number of carbonyl (C=O) groups excluding carboxylic acids is 2. The Balaban J connectivity index is 1.06. The highest BCUT2D eigenvalue weighted by atomic mass is 16.5. The summed E-state index contributed by atoms with van der Waals surface area (Å²) in [5.74, 6) is 1.40. The molecule has 0 unspecified atom stereocenters. The van der Waals surface area contributed by atoms with E-state index < -0.39 is 0 Å². The summed E-state index contributed by atoms with van der Waals surface area (Å²) in [4.78, 5) is 33.1. The second-order valence-corrected chi connectivity index (χ2v) is 17.2. The molecule has 0 saturated heterocycles. The number of rotatable bonds is 37. The molecule has 2 aromatic heterocycles. The Bertz CT molecular complexity index is 1560. The predicted octanol–water partition coefficient (Wildman–Crippen LogP) is 16.2. The molecule has 6 nitrogen and oxygen atoms in total. The SMILES string of the molecule is CCCCCCCCCCCCCCCCOc1ccc(C(=O)c2ccc(-c3ccc(C(=O)c4ccc(OCCCCCCCCCCCCCCCC)cc4)[nH]3)[nH]2)cc1. The van der Waals surface area contributed by atoms with E-state index in [0.717, 1.165) is 35.7 Å². The number of hydrogen-bond donors (Lipinski definition) is 2. The molecule has 0 spiro atoms. The normalized spacial score (nSPS) is 11.3. The molecule has 60 heavy (non-hydrogen) atoms. The predicted molar refractivity (Wildman–Crippen MR) is 252 cm³/mol. The van der Waals surface area contributed by atoms with Gasteiger partial charge in [0.05, 0.1) is 36.0 Å². The van der Waals surface area contributed by atoms with Crippen LogP contribution in [0.1, 0.15) is 226 Å². The Morgan fingerprint density at radius 3 is 0.900 bits per heavy atom. The van der Waals surface area contributed by atoms with Gasteiger partial charge >= 0.3 is 0 Å². The van der Waals surface area contributed by atoms with E-state index in [0.29, 0.717) is 35.7 Å². The van der Waals surface area contributed by atoms with Crippen LogP contribution in [0, 0.1) is 0 Å². The van der Waals surface area contributed by atoms with E-state index in [-0.39, 0.29) is 11.6 Å². The van der Waals surface area contributed by atoms with Crippen molar-refractivity contribution < 1.29 is 19.1 Å². The average molecular weight is 821 g/mol. The Labute approximate surface area is 364 Å². The summed E-state index contributed by atoms with van der Waals surface area (Å²) >= 11 is 0. The van der Waals surface area contributed by atoms with Crippen molar-refractivity contribution in [3.05, 3.63) is 95.3 Å². The van der Waals surface area contributed by atoms with Gasteiger partial charge in [-0.15, -0.1) is 0 Å². The first-order chi connectivity index (χ1) is 29.6. The fraction of sp³-hybridized carbons (Fsp3) is 0.593. The summed E-state index contributed by atoms with van der Waals surface area (Å²) in [6.45, 7) is 5.96. The number of nitrogens with one attached hydrogen (secondary N) is 2. The van der Waals surface area contributed by atoms with Gasteiger partial charge in [-0.25, -0.2) is 0 Å². The van der Waals surface area contributed by atoms with Crippen molar-refractivity contribution in [3.63, 3.8) is 0 Å². The summed E-state index contributed by atoms with van der Waals surface area (Å²) in [5, 5.41) is 0. The first kappa shape index (κ1) is 48.6. The molecule has 0 atom stereocenters. The van der Waals surface area contributed by atoms with Crippen molar-refractivity contribution in [2.24, 2.45) is 0 Å². The third-order valence-corrected chi connectivity index (χ3v) is 11.9. The van der Waals surface area contributed by atoms with Gasteiger partial charge in [-0.05, 0) is 85.6 Å². The quantitative estimate of drug-likeness (QED) is 0.0351. The van der Waals surface area contributed by atoms with E-state index >= 15 is 0 Å². The minimum atomic E-state index is -0.0886. The summed E-state index contributed by atoms with van der Waals surface area (Å²) in [5.41, 5.74) is 3.68. The Morgan fingerprint density at radius 1 is 0.350 bits per heavy atom. The molecule has 0 radical (unpaired) electrons. The molecule has 6 heteroatoms. The van der Waals surface area contributed by atoms with Gasteiger partial charge in [-0.2, -0.15) is 0 Å². The number of carbonyl (C=O) groups is 2. The second kappa shape index (κ2) is 30.9. The zero-order chi connectivity index (χ0) is 42.3. The van der Waals surface area contributed by atoms with Gasteiger partial charge in [0.2, 0.25) is 11.6 Å².